The number of hydrogen-bond donors (Lipinski definition) is 3. The minimum absolute atomic E-state index is 0.264. The van der Waals surface area contributed by atoms with Crippen molar-refractivity contribution in [1.29, 1.82) is 0 Å². The van der Waals surface area contributed by atoms with Crippen LogP contribution in [0.25, 0.3) is 0 Å². The molecular weight excluding hydrogens is 510 g/mol. The highest BCUT2D eigenvalue weighted by Crippen LogP contribution is 2.09. The smallest absolute Gasteiger partial charge is 0.267 e. The fraction of sp³-hybridized carbons (Fsp3) is 0.656. The number of amides is 1. The molecule has 0 rings (SSSR count). The Balaban J connectivity index is 4.10. The molecule has 1 amide bonds. The van der Waals surface area contributed by atoms with Crippen molar-refractivity contribution in [1.82, 2.24) is 5.32 Å². The maximum atomic E-state index is 12.3. The zero-order valence-corrected chi connectivity index (χ0v) is 25.3. The molecule has 224 valence electrons. The van der Waals surface area contributed by atoms with Gasteiger partial charge < -0.3 is 10.4 Å². The van der Waals surface area contributed by atoms with Gasteiger partial charge in [-0.3, -0.25) is 9.35 Å². The Morgan fingerprint density at radius 3 is 1.79 bits per heavy atom. The van der Waals surface area contributed by atoms with Crippen molar-refractivity contribution in [3.05, 3.63) is 60.8 Å². The second-order valence-electron chi connectivity index (χ2n) is 10.00. The van der Waals surface area contributed by atoms with E-state index in [4.69, 9.17) is 0 Å². The van der Waals surface area contributed by atoms with Gasteiger partial charge in [0, 0.05) is 6.42 Å². The average molecular weight is 566 g/mol. The number of carbonyl (C=O) groups excluding carboxylic acids is 1. The molecule has 0 saturated carbocycles. The molecule has 0 heterocycles. The van der Waals surface area contributed by atoms with Gasteiger partial charge in [0.25, 0.3) is 10.1 Å². The van der Waals surface area contributed by atoms with Gasteiger partial charge in [-0.15, -0.1) is 0 Å². The first-order valence-electron chi connectivity index (χ1n) is 15.0. The van der Waals surface area contributed by atoms with Crippen molar-refractivity contribution in [3.8, 4) is 0 Å². The Hall–Kier alpha value is -1.96. The van der Waals surface area contributed by atoms with Gasteiger partial charge in [-0.1, -0.05) is 113 Å². The van der Waals surface area contributed by atoms with Crippen LogP contribution in [0.5, 0.6) is 0 Å². The summed E-state index contributed by atoms with van der Waals surface area (Å²) in [5.41, 5.74) is 0. The maximum absolute atomic E-state index is 12.3. The predicted octanol–water partition coefficient (Wildman–Crippen LogP) is 7.78. The highest BCUT2D eigenvalue weighted by atomic mass is 32.2. The first-order valence-corrected chi connectivity index (χ1v) is 16.6. The molecule has 0 fully saturated rings. The number of carbonyl (C=O) groups is 1. The standard InChI is InChI=1S/C32H55NO5S/c1-3-5-7-9-11-12-13-14-15-16-17-18-19-20-22-24-26-28-32(35)33-30(29-39(36,37)38)31(34)27-25-23-21-10-8-6-4-2/h5,7,11-12,14-15,17-18,25,27,30-31,34H,3-4,6,8-10,13,16,19-24,26,28-29H2,1-2H3,(H,33,35)(H,36,37,38)/b7-5-,12-11-,15-14-,18-17-,27-25+. The van der Waals surface area contributed by atoms with E-state index in [1.54, 1.807) is 0 Å². The number of aliphatic hydroxyl groups is 1. The minimum atomic E-state index is -4.34. The van der Waals surface area contributed by atoms with Gasteiger partial charge in [-0.2, -0.15) is 8.42 Å². The lowest BCUT2D eigenvalue weighted by Crippen LogP contribution is -2.46. The summed E-state index contributed by atoms with van der Waals surface area (Å²) in [7, 11) is -4.34. The Bertz CT molecular complexity index is 843. The number of unbranched alkanes of at least 4 members (excludes halogenated alkanes) is 9. The molecular formula is C32H55NO5S. The van der Waals surface area contributed by atoms with E-state index in [1.165, 1.54) is 25.3 Å². The van der Waals surface area contributed by atoms with Crippen LogP contribution in [-0.2, 0) is 14.9 Å². The van der Waals surface area contributed by atoms with E-state index in [-0.39, 0.29) is 12.3 Å². The van der Waals surface area contributed by atoms with Gasteiger partial charge in [0.1, 0.15) is 0 Å². The minimum Gasteiger partial charge on any atom is -0.387 e. The molecule has 39 heavy (non-hydrogen) atoms. The van der Waals surface area contributed by atoms with Crippen molar-refractivity contribution in [3.63, 3.8) is 0 Å². The largest absolute Gasteiger partial charge is 0.387 e. The number of nitrogens with one attached hydrogen (secondary N) is 1. The van der Waals surface area contributed by atoms with E-state index in [2.05, 4.69) is 67.8 Å². The van der Waals surface area contributed by atoms with Crippen molar-refractivity contribution in [2.45, 2.75) is 129 Å². The molecule has 2 unspecified atom stereocenters. The molecule has 0 aromatic rings. The van der Waals surface area contributed by atoms with Gasteiger partial charge in [0.15, 0.2) is 0 Å². The normalized spacial score (nSPS) is 14.5. The molecule has 0 aromatic carbocycles. The lowest BCUT2D eigenvalue weighted by Gasteiger charge is -2.21. The van der Waals surface area contributed by atoms with E-state index in [0.29, 0.717) is 6.42 Å². The van der Waals surface area contributed by atoms with Crippen LogP contribution in [0.4, 0.5) is 0 Å². The lowest BCUT2D eigenvalue weighted by atomic mass is 10.1. The van der Waals surface area contributed by atoms with Crippen LogP contribution in [0.2, 0.25) is 0 Å². The molecule has 0 bridgehead atoms. The van der Waals surface area contributed by atoms with E-state index in [0.717, 1.165) is 70.6 Å². The molecule has 6 nitrogen and oxygen atoms in total. The summed E-state index contributed by atoms with van der Waals surface area (Å²) in [6.07, 6.45) is 35.0. The fourth-order valence-corrected chi connectivity index (χ4v) is 4.70. The fourth-order valence-electron chi connectivity index (χ4n) is 3.97. The topological polar surface area (TPSA) is 104 Å². The van der Waals surface area contributed by atoms with Gasteiger partial charge >= 0.3 is 0 Å². The van der Waals surface area contributed by atoms with Gasteiger partial charge in [-0.25, -0.2) is 0 Å². The Morgan fingerprint density at radius 1 is 0.718 bits per heavy atom. The molecule has 3 N–H and O–H groups in total. The quantitative estimate of drug-likeness (QED) is 0.0596. The van der Waals surface area contributed by atoms with E-state index in [1.807, 2.05) is 6.08 Å². The molecule has 2 atom stereocenters. The summed E-state index contributed by atoms with van der Waals surface area (Å²) in [5.74, 6) is -1.02. The summed E-state index contributed by atoms with van der Waals surface area (Å²) in [5, 5.41) is 13.0. The Kier molecular flexibility index (Phi) is 25.0. The highest BCUT2D eigenvalue weighted by Gasteiger charge is 2.24. The zero-order valence-electron chi connectivity index (χ0n) is 24.5. The van der Waals surface area contributed by atoms with Crippen molar-refractivity contribution in [2.75, 3.05) is 5.75 Å². The highest BCUT2D eigenvalue weighted by molar-refractivity contribution is 7.85. The van der Waals surface area contributed by atoms with Crippen molar-refractivity contribution < 1.29 is 22.9 Å². The summed E-state index contributed by atoms with van der Waals surface area (Å²) >= 11 is 0. The molecule has 0 spiro atoms. The maximum Gasteiger partial charge on any atom is 0.267 e. The molecule has 0 aromatic heterocycles. The van der Waals surface area contributed by atoms with Crippen LogP contribution in [0.3, 0.4) is 0 Å². The van der Waals surface area contributed by atoms with E-state index in [9.17, 15) is 22.9 Å². The number of allylic oxidation sites excluding steroid dienone is 9. The zero-order chi connectivity index (χ0) is 29.0. The third-order valence-corrected chi connectivity index (χ3v) is 6.98. The number of aliphatic hydroxyl groups excluding tert-OH is 1. The van der Waals surface area contributed by atoms with Crippen molar-refractivity contribution in [2.24, 2.45) is 0 Å². The summed E-state index contributed by atoms with van der Waals surface area (Å²) in [6, 6.07) is -1.07. The van der Waals surface area contributed by atoms with Crippen LogP contribution < -0.4 is 5.32 Å². The second-order valence-corrected chi connectivity index (χ2v) is 11.5. The predicted molar refractivity (Wildman–Crippen MR) is 165 cm³/mol. The SMILES string of the molecule is CC/C=C\C/C=C\C/C=C\C/C=C\CCCCCCC(=O)NC(CS(=O)(=O)O)C(O)/C=C/CCCCCCC. The van der Waals surface area contributed by atoms with Crippen LogP contribution in [0.1, 0.15) is 117 Å². The van der Waals surface area contributed by atoms with E-state index >= 15 is 0 Å². The first-order chi connectivity index (χ1) is 18.8. The molecule has 0 aliphatic heterocycles. The van der Waals surface area contributed by atoms with Crippen molar-refractivity contribution >= 4 is 16.0 Å². The van der Waals surface area contributed by atoms with Gasteiger partial charge in [0.05, 0.1) is 17.9 Å². The average Bonchev–Trinajstić information content (AvgIpc) is 2.88. The Labute approximate surface area is 239 Å². The molecule has 0 radical (unpaired) electrons. The number of hydrogen-bond acceptors (Lipinski definition) is 4. The molecule has 0 aliphatic rings. The first kappa shape index (κ1) is 37.0. The lowest BCUT2D eigenvalue weighted by molar-refractivity contribution is -0.122. The second kappa shape index (κ2) is 26.3. The van der Waals surface area contributed by atoms with Crippen LogP contribution in [-0.4, -0.2) is 41.9 Å². The Morgan fingerprint density at radius 2 is 1.23 bits per heavy atom. The van der Waals surface area contributed by atoms with E-state index < -0.39 is 28.0 Å². The molecule has 0 aliphatic carbocycles. The van der Waals surface area contributed by atoms with Gasteiger partial charge in [-0.05, 0) is 57.8 Å². The number of rotatable bonds is 25. The molecule has 7 heteroatoms. The third-order valence-electron chi connectivity index (χ3n) is 6.20. The monoisotopic (exact) mass is 565 g/mol. The van der Waals surface area contributed by atoms with Crippen LogP contribution >= 0.6 is 0 Å². The third kappa shape index (κ3) is 27.4. The summed E-state index contributed by atoms with van der Waals surface area (Å²) < 4.78 is 32.0. The van der Waals surface area contributed by atoms with Crippen LogP contribution in [0, 0.1) is 0 Å². The van der Waals surface area contributed by atoms with Crippen LogP contribution in [0.15, 0.2) is 60.8 Å². The summed E-state index contributed by atoms with van der Waals surface area (Å²) in [6.45, 7) is 4.30. The van der Waals surface area contributed by atoms with Gasteiger partial charge in [0.2, 0.25) is 5.91 Å². The molecule has 0 saturated heterocycles. The summed E-state index contributed by atoms with van der Waals surface area (Å²) in [4.78, 5) is 12.3.